The maximum absolute atomic E-state index is 12.6. The Kier molecular flexibility index (Phi) is 7.41. The van der Waals surface area contributed by atoms with E-state index in [0.717, 1.165) is 41.9 Å². The first kappa shape index (κ1) is 20.5. The Labute approximate surface area is 161 Å². The fraction of sp³-hybridized carbons (Fsp3) is 0.364. The zero-order chi connectivity index (χ0) is 19.8. The molecule has 0 aliphatic rings. The number of esters is 1. The second-order valence-electron chi connectivity index (χ2n) is 6.63. The van der Waals surface area contributed by atoms with Gasteiger partial charge in [0, 0.05) is 17.9 Å². The van der Waals surface area contributed by atoms with Gasteiger partial charge in [0.05, 0.1) is 5.56 Å². The second-order valence-corrected chi connectivity index (χ2v) is 6.63. The minimum absolute atomic E-state index is 0.350. The number of rotatable bonds is 8. The molecule has 2 aromatic carbocycles. The Morgan fingerprint density at radius 2 is 1.70 bits per heavy atom. The molecule has 0 radical (unpaired) electrons. The molecule has 5 nitrogen and oxygen atoms in total. The summed E-state index contributed by atoms with van der Waals surface area (Å²) in [7, 11) is 0. The van der Waals surface area contributed by atoms with Crippen LogP contribution in [0.2, 0.25) is 0 Å². The highest BCUT2D eigenvalue weighted by Crippen LogP contribution is 2.21. The number of amides is 1. The fourth-order valence-electron chi connectivity index (χ4n) is 2.73. The summed E-state index contributed by atoms with van der Waals surface area (Å²) in [6.07, 6.45) is 1.17. The summed E-state index contributed by atoms with van der Waals surface area (Å²) < 4.78 is 5.41. The van der Waals surface area contributed by atoms with E-state index in [-0.39, 0.29) is 5.91 Å². The van der Waals surface area contributed by atoms with Crippen molar-refractivity contribution in [2.45, 2.75) is 46.6 Å². The molecule has 0 saturated heterocycles. The monoisotopic (exact) mass is 368 g/mol. The molecule has 0 fully saturated rings. The number of anilines is 2. The standard InChI is InChI=1S/C22H28N2O3/c1-5-6-14-23-19-13-8-7-12-18(19)22(26)27-17(4)21(25)24-20-15(2)10-9-11-16(20)3/h7-13,17,23H,5-6,14H2,1-4H3,(H,24,25)/t17-/m0/s1. The van der Waals surface area contributed by atoms with Crippen LogP contribution in [0.1, 0.15) is 48.2 Å². The van der Waals surface area contributed by atoms with E-state index in [1.807, 2.05) is 44.2 Å². The number of unbranched alkanes of at least 4 members (excludes halogenated alkanes) is 1. The van der Waals surface area contributed by atoms with E-state index in [1.54, 1.807) is 19.1 Å². The molecule has 144 valence electrons. The molecule has 2 aromatic rings. The molecule has 0 aliphatic carbocycles. The molecule has 0 spiro atoms. The van der Waals surface area contributed by atoms with Crippen LogP contribution in [0.5, 0.6) is 0 Å². The number of aryl methyl sites for hydroxylation is 2. The van der Waals surface area contributed by atoms with E-state index >= 15 is 0 Å². The molecule has 2 N–H and O–H groups in total. The average molecular weight is 368 g/mol. The van der Waals surface area contributed by atoms with Crippen LogP contribution in [0.15, 0.2) is 42.5 Å². The van der Waals surface area contributed by atoms with E-state index in [9.17, 15) is 9.59 Å². The van der Waals surface area contributed by atoms with Gasteiger partial charge in [0.1, 0.15) is 0 Å². The molecule has 1 amide bonds. The van der Waals surface area contributed by atoms with E-state index < -0.39 is 12.1 Å². The van der Waals surface area contributed by atoms with Crippen molar-refractivity contribution >= 4 is 23.3 Å². The van der Waals surface area contributed by atoms with Crippen LogP contribution in [0.25, 0.3) is 0 Å². The normalized spacial score (nSPS) is 11.6. The first-order chi connectivity index (χ1) is 12.9. The SMILES string of the molecule is CCCCNc1ccccc1C(=O)O[C@@H](C)C(=O)Nc1c(C)cccc1C. The lowest BCUT2D eigenvalue weighted by atomic mass is 10.1. The summed E-state index contributed by atoms with van der Waals surface area (Å²) in [4.78, 5) is 25.0. The molecule has 0 saturated carbocycles. The second kappa shape index (κ2) is 9.76. The number of hydrogen-bond acceptors (Lipinski definition) is 4. The van der Waals surface area contributed by atoms with Gasteiger partial charge in [-0.05, 0) is 50.5 Å². The van der Waals surface area contributed by atoms with Gasteiger partial charge in [0.2, 0.25) is 0 Å². The molecule has 5 heteroatoms. The number of para-hydroxylation sites is 2. The van der Waals surface area contributed by atoms with Crippen molar-refractivity contribution in [3.8, 4) is 0 Å². The largest absolute Gasteiger partial charge is 0.449 e. The topological polar surface area (TPSA) is 67.4 Å². The van der Waals surface area contributed by atoms with Crippen molar-refractivity contribution in [1.82, 2.24) is 0 Å². The van der Waals surface area contributed by atoms with Crippen LogP contribution in [-0.4, -0.2) is 24.5 Å². The van der Waals surface area contributed by atoms with Crippen molar-refractivity contribution in [1.29, 1.82) is 0 Å². The fourth-order valence-corrected chi connectivity index (χ4v) is 2.73. The summed E-state index contributed by atoms with van der Waals surface area (Å²) in [6, 6.07) is 13.0. The number of nitrogens with one attached hydrogen (secondary N) is 2. The van der Waals surface area contributed by atoms with Gasteiger partial charge < -0.3 is 15.4 Å². The molecular formula is C22H28N2O3. The van der Waals surface area contributed by atoms with Crippen molar-refractivity contribution < 1.29 is 14.3 Å². The van der Waals surface area contributed by atoms with Crippen LogP contribution in [0, 0.1) is 13.8 Å². The zero-order valence-electron chi connectivity index (χ0n) is 16.5. The van der Waals surface area contributed by atoms with Gasteiger partial charge in [-0.2, -0.15) is 0 Å². The van der Waals surface area contributed by atoms with E-state index in [0.29, 0.717) is 5.56 Å². The van der Waals surface area contributed by atoms with Crippen LogP contribution >= 0.6 is 0 Å². The van der Waals surface area contributed by atoms with Crippen LogP contribution in [0.4, 0.5) is 11.4 Å². The summed E-state index contributed by atoms with van der Waals surface area (Å²) in [5.74, 6) is -0.865. The third kappa shape index (κ3) is 5.58. The van der Waals surface area contributed by atoms with Crippen LogP contribution in [0.3, 0.4) is 0 Å². The highest BCUT2D eigenvalue weighted by Gasteiger charge is 2.21. The first-order valence-electron chi connectivity index (χ1n) is 9.35. The Morgan fingerprint density at radius 1 is 1.04 bits per heavy atom. The molecule has 1 atom stereocenters. The summed E-state index contributed by atoms with van der Waals surface area (Å²) >= 11 is 0. The lowest BCUT2D eigenvalue weighted by Crippen LogP contribution is -2.30. The number of carbonyl (C=O) groups excluding carboxylic acids is 2. The predicted octanol–water partition coefficient (Wildman–Crippen LogP) is 4.70. The lowest BCUT2D eigenvalue weighted by Gasteiger charge is -2.17. The van der Waals surface area contributed by atoms with Gasteiger partial charge in [0.25, 0.3) is 5.91 Å². The maximum atomic E-state index is 12.6. The quantitative estimate of drug-likeness (QED) is 0.523. The molecular weight excluding hydrogens is 340 g/mol. The number of carbonyl (C=O) groups is 2. The van der Waals surface area contributed by atoms with Gasteiger partial charge in [-0.25, -0.2) is 4.79 Å². The molecule has 0 bridgehead atoms. The molecule has 0 unspecified atom stereocenters. The van der Waals surface area contributed by atoms with Crippen molar-refractivity contribution in [2.24, 2.45) is 0 Å². The Balaban J connectivity index is 2.04. The smallest absolute Gasteiger partial charge is 0.341 e. The molecule has 27 heavy (non-hydrogen) atoms. The number of benzene rings is 2. The third-order valence-electron chi connectivity index (χ3n) is 4.38. The summed E-state index contributed by atoms with van der Waals surface area (Å²) in [6.45, 7) is 8.32. The predicted molar refractivity (Wildman–Crippen MR) is 109 cm³/mol. The van der Waals surface area contributed by atoms with E-state index in [1.165, 1.54) is 0 Å². The highest BCUT2D eigenvalue weighted by atomic mass is 16.5. The number of ether oxygens (including phenoxy) is 1. The van der Waals surface area contributed by atoms with Crippen molar-refractivity contribution in [3.05, 3.63) is 59.2 Å². The lowest BCUT2D eigenvalue weighted by molar-refractivity contribution is -0.123. The molecule has 0 aliphatic heterocycles. The Hall–Kier alpha value is -2.82. The Bertz CT molecular complexity index is 782. The number of hydrogen-bond donors (Lipinski definition) is 2. The van der Waals surface area contributed by atoms with Gasteiger partial charge in [-0.1, -0.05) is 43.7 Å². The Morgan fingerprint density at radius 3 is 2.37 bits per heavy atom. The maximum Gasteiger partial charge on any atom is 0.341 e. The van der Waals surface area contributed by atoms with Gasteiger partial charge in [-0.3, -0.25) is 4.79 Å². The minimum atomic E-state index is -0.903. The van der Waals surface area contributed by atoms with Crippen molar-refractivity contribution in [3.63, 3.8) is 0 Å². The van der Waals surface area contributed by atoms with Gasteiger partial charge >= 0.3 is 5.97 Å². The molecule has 0 heterocycles. The molecule has 0 aromatic heterocycles. The molecule has 2 rings (SSSR count). The summed E-state index contributed by atoms with van der Waals surface area (Å²) in [5, 5.41) is 6.11. The first-order valence-corrected chi connectivity index (χ1v) is 9.35. The third-order valence-corrected chi connectivity index (χ3v) is 4.38. The van der Waals surface area contributed by atoms with Crippen LogP contribution < -0.4 is 10.6 Å². The zero-order valence-corrected chi connectivity index (χ0v) is 16.5. The minimum Gasteiger partial charge on any atom is -0.449 e. The van der Waals surface area contributed by atoms with Gasteiger partial charge in [-0.15, -0.1) is 0 Å². The van der Waals surface area contributed by atoms with Crippen LogP contribution in [-0.2, 0) is 9.53 Å². The summed E-state index contributed by atoms with van der Waals surface area (Å²) in [5.41, 5.74) is 3.84. The highest BCUT2D eigenvalue weighted by molar-refractivity contribution is 6.00. The van der Waals surface area contributed by atoms with Gasteiger partial charge in [0.15, 0.2) is 6.10 Å². The van der Waals surface area contributed by atoms with E-state index in [4.69, 9.17) is 4.74 Å². The van der Waals surface area contributed by atoms with E-state index in [2.05, 4.69) is 17.6 Å². The average Bonchev–Trinajstić information content (AvgIpc) is 2.65. The van der Waals surface area contributed by atoms with Crippen molar-refractivity contribution in [2.75, 3.05) is 17.2 Å².